The van der Waals surface area contributed by atoms with Gasteiger partial charge < -0.3 is 44.5 Å². The molecule has 210 valence electrons. The summed E-state index contributed by atoms with van der Waals surface area (Å²) in [5.41, 5.74) is 1.30. The quantitative estimate of drug-likeness (QED) is 0.187. The average Bonchev–Trinajstić information content (AvgIpc) is 2.91. The molecule has 1 saturated heterocycles. The van der Waals surface area contributed by atoms with Gasteiger partial charge in [0.2, 0.25) is 6.29 Å². The fourth-order valence-electron chi connectivity index (χ4n) is 3.85. The number of carbonyl (C=O) groups excluding carboxylic acids is 2. The van der Waals surface area contributed by atoms with Crippen molar-refractivity contribution >= 4 is 23.6 Å². The standard InChI is InChI=1S/C27H30O12/c1-36-20-11-14(5-9-18(20)30)3-7-16(28)13-17(29)8-4-15-6-10-19(21(12-15)37-2)38-27-24(33)22(31)23(32)25(39-27)26(34)35/h4-6,8-12,22-25,27,30-33H,3,7,13H2,1-2H3,(H,34,35)/b8-4+/t22-,23-,24+,25-,27?/m0/s1. The van der Waals surface area contributed by atoms with Crippen molar-refractivity contribution < 1.29 is 58.9 Å². The summed E-state index contributed by atoms with van der Waals surface area (Å²) in [7, 11) is 2.76. The molecule has 12 heteroatoms. The maximum absolute atomic E-state index is 12.3. The number of phenolic OH excluding ortho intramolecular Hbond substituents is 1. The molecule has 39 heavy (non-hydrogen) atoms. The number of methoxy groups -OCH3 is 2. The summed E-state index contributed by atoms with van der Waals surface area (Å²) in [5.74, 6) is -1.72. The molecule has 1 aliphatic rings. The topological polar surface area (TPSA) is 189 Å². The van der Waals surface area contributed by atoms with Crippen molar-refractivity contribution in [1.29, 1.82) is 0 Å². The maximum atomic E-state index is 12.3. The second-order valence-electron chi connectivity index (χ2n) is 8.78. The molecule has 0 saturated carbocycles. The minimum absolute atomic E-state index is 0.00510. The molecule has 0 amide bonds. The van der Waals surface area contributed by atoms with Gasteiger partial charge in [0.1, 0.15) is 24.1 Å². The Kier molecular flexibility index (Phi) is 10.0. The van der Waals surface area contributed by atoms with E-state index in [2.05, 4.69) is 0 Å². The molecule has 5 atom stereocenters. The summed E-state index contributed by atoms with van der Waals surface area (Å²) in [6, 6.07) is 9.23. The average molecular weight is 547 g/mol. The molecule has 3 rings (SSSR count). The van der Waals surface area contributed by atoms with Gasteiger partial charge in [-0.3, -0.25) is 9.59 Å². The van der Waals surface area contributed by atoms with Gasteiger partial charge in [-0.1, -0.05) is 18.2 Å². The number of Topliss-reactive ketones (excluding diaryl/α,β-unsaturated/α-hetero) is 1. The Morgan fingerprint density at radius 3 is 2.31 bits per heavy atom. The Morgan fingerprint density at radius 1 is 0.923 bits per heavy atom. The Morgan fingerprint density at radius 2 is 1.64 bits per heavy atom. The summed E-state index contributed by atoms with van der Waals surface area (Å²) < 4.78 is 20.9. The van der Waals surface area contributed by atoms with Crippen LogP contribution in [0.2, 0.25) is 0 Å². The van der Waals surface area contributed by atoms with E-state index >= 15 is 0 Å². The third-order valence-electron chi connectivity index (χ3n) is 6.01. The molecule has 1 heterocycles. The van der Waals surface area contributed by atoms with Gasteiger partial charge in [-0.05, 0) is 47.9 Å². The maximum Gasteiger partial charge on any atom is 0.335 e. The largest absolute Gasteiger partial charge is 0.504 e. The highest BCUT2D eigenvalue weighted by molar-refractivity contribution is 6.06. The van der Waals surface area contributed by atoms with E-state index in [0.29, 0.717) is 17.7 Å². The van der Waals surface area contributed by atoms with Crippen molar-refractivity contribution in [1.82, 2.24) is 0 Å². The Balaban J connectivity index is 1.59. The highest BCUT2D eigenvalue weighted by Crippen LogP contribution is 2.32. The van der Waals surface area contributed by atoms with Gasteiger partial charge >= 0.3 is 5.97 Å². The zero-order valence-electron chi connectivity index (χ0n) is 21.2. The van der Waals surface area contributed by atoms with Gasteiger partial charge in [0.15, 0.2) is 34.9 Å². The van der Waals surface area contributed by atoms with Gasteiger partial charge in [0.25, 0.3) is 0 Å². The normalized spacial score (nSPS) is 22.8. The fraction of sp³-hybridized carbons (Fsp3) is 0.370. The molecule has 2 aromatic carbocycles. The number of carbonyl (C=O) groups is 3. The van der Waals surface area contributed by atoms with Crippen LogP contribution in [0.3, 0.4) is 0 Å². The van der Waals surface area contributed by atoms with Gasteiger partial charge in [-0.25, -0.2) is 4.79 Å². The van der Waals surface area contributed by atoms with Crippen LogP contribution < -0.4 is 14.2 Å². The number of carboxylic acid groups (broad SMARTS) is 1. The molecule has 2 aromatic rings. The Bertz CT molecular complexity index is 1220. The number of ether oxygens (including phenoxy) is 4. The van der Waals surface area contributed by atoms with E-state index in [1.54, 1.807) is 12.1 Å². The van der Waals surface area contributed by atoms with Crippen LogP contribution in [-0.2, 0) is 25.5 Å². The summed E-state index contributed by atoms with van der Waals surface area (Å²) in [6.07, 6.45) is -5.91. The summed E-state index contributed by atoms with van der Waals surface area (Å²) in [5, 5.41) is 48.7. The van der Waals surface area contributed by atoms with Crippen LogP contribution in [0.1, 0.15) is 24.0 Å². The van der Waals surface area contributed by atoms with Crippen molar-refractivity contribution in [2.24, 2.45) is 0 Å². The van der Waals surface area contributed by atoms with Crippen molar-refractivity contribution in [3.63, 3.8) is 0 Å². The molecular formula is C27H30O12. The number of rotatable bonds is 12. The van der Waals surface area contributed by atoms with Crippen LogP contribution in [0.25, 0.3) is 6.08 Å². The first-order chi connectivity index (χ1) is 18.5. The number of aromatic hydroxyl groups is 1. The van der Waals surface area contributed by atoms with Crippen LogP contribution in [0.4, 0.5) is 0 Å². The molecule has 1 aliphatic heterocycles. The zero-order chi connectivity index (χ0) is 28.7. The number of aryl methyl sites for hydroxylation is 1. The number of aliphatic hydroxyl groups is 3. The Labute approximate surface area is 223 Å². The minimum atomic E-state index is -1.85. The van der Waals surface area contributed by atoms with Crippen LogP contribution in [0.5, 0.6) is 23.0 Å². The molecule has 1 fully saturated rings. The number of aliphatic carboxylic acids is 1. The summed E-state index contributed by atoms with van der Waals surface area (Å²) in [4.78, 5) is 35.8. The van der Waals surface area contributed by atoms with Gasteiger partial charge in [0.05, 0.1) is 20.6 Å². The number of allylic oxidation sites excluding steroid dienone is 1. The lowest BCUT2D eigenvalue weighted by molar-refractivity contribution is -0.271. The monoisotopic (exact) mass is 546 g/mol. The third-order valence-corrected chi connectivity index (χ3v) is 6.01. The molecule has 0 spiro atoms. The zero-order valence-corrected chi connectivity index (χ0v) is 21.2. The molecule has 0 aliphatic carbocycles. The molecule has 0 aromatic heterocycles. The molecule has 5 N–H and O–H groups in total. The smallest absolute Gasteiger partial charge is 0.335 e. The Hall–Kier alpha value is -3.97. The molecule has 0 bridgehead atoms. The van der Waals surface area contributed by atoms with Crippen LogP contribution in [0, 0.1) is 0 Å². The van der Waals surface area contributed by atoms with E-state index < -0.39 is 42.5 Å². The minimum Gasteiger partial charge on any atom is -0.504 e. The van der Waals surface area contributed by atoms with Crippen LogP contribution >= 0.6 is 0 Å². The van der Waals surface area contributed by atoms with Gasteiger partial charge in [0, 0.05) is 6.42 Å². The summed E-state index contributed by atoms with van der Waals surface area (Å²) >= 11 is 0. The number of ketones is 2. The number of benzene rings is 2. The first-order valence-corrected chi connectivity index (χ1v) is 11.9. The second-order valence-corrected chi connectivity index (χ2v) is 8.78. The summed E-state index contributed by atoms with van der Waals surface area (Å²) in [6.45, 7) is 0. The number of aliphatic hydroxyl groups excluding tert-OH is 3. The van der Waals surface area contributed by atoms with Crippen molar-refractivity contribution in [2.75, 3.05) is 14.2 Å². The fourth-order valence-corrected chi connectivity index (χ4v) is 3.85. The van der Waals surface area contributed by atoms with Gasteiger partial charge in [-0.2, -0.15) is 0 Å². The van der Waals surface area contributed by atoms with Gasteiger partial charge in [-0.15, -0.1) is 0 Å². The number of carboxylic acids is 1. The first kappa shape index (κ1) is 29.6. The number of hydrogen-bond donors (Lipinski definition) is 5. The highest BCUT2D eigenvalue weighted by Gasteiger charge is 2.48. The highest BCUT2D eigenvalue weighted by atomic mass is 16.7. The molecule has 12 nitrogen and oxygen atoms in total. The van der Waals surface area contributed by atoms with E-state index in [0.717, 1.165) is 5.56 Å². The van der Waals surface area contributed by atoms with Crippen LogP contribution in [-0.4, -0.2) is 88.0 Å². The molecule has 0 radical (unpaired) electrons. The first-order valence-electron chi connectivity index (χ1n) is 11.9. The van der Waals surface area contributed by atoms with Crippen molar-refractivity contribution in [3.05, 3.63) is 53.6 Å². The van der Waals surface area contributed by atoms with E-state index in [1.807, 2.05) is 0 Å². The predicted octanol–water partition coefficient (Wildman–Crippen LogP) is 0.855. The number of phenols is 1. The predicted molar refractivity (Wildman–Crippen MR) is 135 cm³/mol. The van der Waals surface area contributed by atoms with Crippen LogP contribution in [0.15, 0.2) is 42.5 Å². The lowest BCUT2D eigenvalue weighted by Crippen LogP contribution is -2.61. The van der Waals surface area contributed by atoms with E-state index in [4.69, 9.17) is 18.9 Å². The van der Waals surface area contributed by atoms with E-state index in [-0.39, 0.29) is 35.9 Å². The molecular weight excluding hydrogens is 516 g/mol. The lowest BCUT2D eigenvalue weighted by Gasteiger charge is -2.38. The molecule has 1 unspecified atom stereocenters. The SMILES string of the molecule is COc1cc(CCC(=O)CC(=O)/C=C/c2ccc(OC3O[C@H](C(=O)O)[C@@H](O)[C@H](O)[C@H]3O)c(OC)c2)ccc1O. The third kappa shape index (κ3) is 7.54. The van der Waals surface area contributed by atoms with Crippen molar-refractivity contribution in [3.8, 4) is 23.0 Å². The van der Waals surface area contributed by atoms with E-state index in [1.165, 1.54) is 50.6 Å². The second kappa shape index (κ2) is 13.2. The van der Waals surface area contributed by atoms with E-state index in [9.17, 15) is 39.9 Å². The number of hydrogen-bond acceptors (Lipinski definition) is 11. The van der Waals surface area contributed by atoms with Crippen molar-refractivity contribution in [2.45, 2.75) is 50.0 Å². The lowest BCUT2D eigenvalue weighted by atomic mass is 9.99.